The minimum Gasteiger partial charge on any atom is -0.489 e. The fourth-order valence-electron chi connectivity index (χ4n) is 3.85. The lowest BCUT2D eigenvalue weighted by Crippen LogP contribution is -2.07. The summed E-state index contributed by atoms with van der Waals surface area (Å²) in [5.41, 5.74) is 2.85. The fourth-order valence-corrected chi connectivity index (χ4v) is 3.85. The molecule has 0 saturated heterocycles. The molecule has 0 aliphatic carbocycles. The lowest BCUT2D eigenvalue weighted by molar-refractivity contribution is -0.211. The molecule has 0 N–H and O–H groups in total. The zero-order chi connectivity index (χ0) is 25.2. The van der Waals surface area contributed by atoms with E-state index in [0.29, 0.717) is 22.4 Å². The highest BCUT2D eigenvalue weighted by atomic mass is 19.4. The molecule has 1 aromatic heterocycles. The van der Waals surface area contributed by atoms with Crippen molar-refractivity contribution in [2.24, 2.45) is 0 Å². The van der Waals surface area contributed by atoms with Crippen LogP contribution in [0.15, 0.2) is 66.9 Å². The van der Waals surface area contributed by atoms with Gasteiger partial charge in [-0.15, -0.1) is 0 Å². The number of ether oxygens (including phenoxy) is 1. The maximum absolute atomic E-state index is 13.5. The van der Waals surface area contributed by atoms with Gasteiger partial charge in [-0.3, -0.25) is 14.8 Å². The van der Waals surface area contributed by atoms with Crippen molar-refractivity contribution in [3.8, 4) is 22.6 Å². The molecule has 0 fully saturated rings. The molecule has 3 aromatic carbocycles. The van der Waals surface area contributed by atoms with Crippen molar-refractivity contribution in [1.82, 2.24) is 4.98 Å². The highest BCUT2D eigenvalue weighted by Gasteiger charge is 2.33. The van der Waals surface area contributed by atoms with E-state index in [-0.39, 0.29) is 12.1 Å². The van der Waals surface area contributed by atoms with Gasteiger partial charge in [0.2, 0.25) is 0 Å². The Balaban J connectivity index is 1.64. The van der Waals surface area contributed by atoms with Crippen molar-refractivity contribution in [3.63, 3.8) is 0 Å². The van der Waals surface area contributed by atoms with Crippen LogP contribution in [0.2, 0.25) is 0 Å². The molecule has 0 amide bonds. The molecule has 5 nitrogen and oxygen atoms in total. The Morgan fingerprint density at radius 2 is 1.74 bits per heavy atom. The molecule has 4 rings (SSSR count). The third-order valence-electron chi connectivity index (χ3n) is 5.55. The number of nitrogens with zero attached hydrogens (tertiary/aromatic N) is 1. The summed E-state index contributed by atoms with van der Waals surface area (Å²) >= 11 is 0. The van der Waals surface area contributed by atoms with E-state index in [0.717, 1.165) is 28.3 Å². The molecule has 0 bridgehead atoms. The molecule has 35 heavy (non-hydrogen) atoms. The molecule has 8 heteroatoms. The highest BCUT2D eigenvalue weighted by Crippen LogP contribution is 2.39. The lowest BCUT2D eigenvalue weighted by Gasteiger charge is -2.15. The van der Waals surface area contributed by atoms with Crippen LogP contribution in [0.4, 0.5) is 13.2 Å². The number of pyridine rings is 1. The summed E-state index contributed by atoms with van der Waals surface area (Å²) in [6.45, 7) is 5.08. The van der Waals surface area contributed by atoms with Crippen molar-refractivity contribution < 1.29 is 32.5 Å². The molecule has 0 aliphatic rings. The number of fused-ring (bicyclic) bond motifs is 1. The molecule has 0 unspecified atom stereocenters. The molecular weight excluding hydrogens is 459 g/mol. The minimum atomic E-state index is -4.50. The summed E-state index contributed by atoms with van der Waals surface area (Å²) in [6, 6.07) is 16.5. The Hall–Kier alpha value is -4.07. The summed E-state index contributed by atoms with van der Waals surface area (Å²) in [5, 5.41) is 0.420. The maximum Gasteiger partial charge on any atom is 0.418 e. The van der Waals surface area contributed by atoms with Gasteiger partial charge in [-0.05, 0) is 60.4 Å². The van der Waals surface area contributed by atoms with Gasteiger partial charge in [0.05, 0.1) is 11.1 Å². The average molecular weight is 481 g/mol. The van der Waals surface area contributed by atoms with E-state index in [4.69, 9.17) is 9.62 Å². The third-order valence-corrected chi connectivity index (χ3v) is 5.55. The van der Waals surface area contributed by atoms with Gasteiger partial charge in [0.1, 0.15) is 12.4 Å². The summed E-state index contributed by atoms with van der Waals surface area (Å²) in [7, 11) is 0. The van der Waals surface area contributed by atoms with E-state index >= 15 is 0 Å². The standard InChI is InChI=1S/C27H22F3NO4/c1-16-14-31-26-22(10-6-11-23(26)27(28,29)30)25(16)19-7-4-9-21(13-19)33-15-20-8-5-12-24(17(20)2)35-34-18(3)32/h4-14H,15H2,1-3H3. The molecular formula is C27H22F3NO4. The molecule has 180 valence electrons. The van der Waals surface area contributed by atoms with Crippen molar-refractivity contribution >= 4 is 16.9 Å². The SMILES string of the molecule is CC(=O)OOc1cccc(COc2cccc(-c3c(C)cnc4c(C(F)(F)F)cccc34)c2)c1C. The van der Waals surface area contributed by atoms with Crippen molar-refractivity contribution in [2.75, 3.05) is 0 Å². The van der Waals surface area contributed by atoms with Gasteiger partial charge in [0.15, 0.2) is 5.75 Å². The largest absolute Gasteiger partial charge is 0.489 e. The van der Waals surface area contributed by atoms with Crippen molar-refractivity contribution in [1.29, 1.82) is 0 Å². The Morgan fingerprint density at radius 3 is 2.49 bits per heavy atom. The summed E-state index contributed by atoms with van der Waals surface area (Å²) in [4.78, 5) is 24.8. The first-order valence-electron chi connectivity index (χ1n) is 10.8. The van der Waals surface area contributed by atoms with E-state index in [1.54, 1.807) is 36.4 Å². The third kappa shape index (κ3) is 5.21. The van der Waals surface area contributed by atoms with Crippen molar-refractivity contribution in [3.05, 3.63) is 89.1 Å². The van der Waals surface area contributed by atoms with Crippen LogP contribution in [-0.4, -0.2) is 11.0 Å². The smallest absolute Gasteiger partial charge is 0.418 e. The molecule has 0 atom stereocenters. The number of carbonyl (C=O) groups excluding carboxylic acids is 1. The Kier molecular flexibility index (Phi) is 6.64. The molecule has 0 spiro atoms. The number of aryl methyl sites for hydroxylation is 1. The van der Waals surface area contributed by atoms with Gasteiger partial charge in [0, 0.05) is 24.1 Å². The zero-order valence-corrected chi connectivity index (χ0v) is 19.3. The van der Waals surface area contributed by atoms with Crippen LogP contribution in [-0.2, 0) is 22.5 Å². The second-order valence-corrected chi connectivity index (χ2v) is 8.03. The Morgan fingerprint density at radius 1 is 1.00 bits per heavy atom. The zero-order valence-electron chi connectivity index (χ0n) is 19.3. The van der Waals surface area contributed by atoms with Crippen LogP contribution in [0.25, 0.3) is 22.0 Å². The van der Waals surface area contributed by atoms with Crippen LogP contribution in [0.1, 0.15) is 29.2 Å². The maximum atomic E-state index is 13.5. The molecule has 4 aromatic rings. The number of rotatable bonds is 6. The quantitative estimate of drug-likeness (QED) is 0.220. The summed E-state index contributed by atoms with van der Waals surface area (Å²) in [5.74, 6) is 0.378. The van der Waals surface area contributed by atoms with E-state index < -0.39 is 17.7 Å². The number of hydrogen-bond donors (Lipinski definition) is 0. The topological polar surface area (TPSA) is 57.7 Å². The predicted octanol–water partition coefficient (Wildman–Crippen LogP) is 6.97. The van der Waals surface area contributed by atoms with Crippen LogP contribution in [0.3, 0.4) is 0 Å². The number of halogens is 3. The first-order chi connectivity index (χ1) is 16.6. The first-order valence-corrected chi connectivity index (χ1v) is 10.8. The molecule has 0 saturated carbocycles. The Labute approximate surface area is 200 Å². The van der Waals surface area contributed by atoms with E-state index in [1.807, 2.05) is 26.0 Å². The van der Waals surface area contributed by atoms with Gasteiger partial charge >= 0.3 is 12.1 Å². The van der Waals surface area contributed by atoms with Crippen LogP contribution < -0.4 is 9.62 Å². The molecule has 1 heterocycles. The number of hydrogen-bond acceptors (Lipinski definition) is 5. The predicted molar refractivity (Wildman–Crippen MR) is 125 cm³/mol. The second kappa shape index (κ2) is 9.66. The van der Waals surface area contributed by atoms with Gasteiger partial charge in [-0.1, -0.05) is 36.4 Å². The van der Waals surface area contributed by atoms with E-state index in [9.17, 15) is 18.0 Å². The summed E-state index contributed by atoms with van der Waals surface area (Å²) < 4.78 is 46.6. The van der Waals surface area contributed by atoms with Crippen molar-refractivity contribution in [2.45, 2.75) is 33.6 Å². The van der Waals surface area contributed by atoms with Crippen LogP contribution in [0.5, 0.6) is 11.5 Å². The van der Waals surface area contributed by atoms with Gasteiger partial charge < -0.3 is 4.74 Å². The number of carbonyl (C=O) groups is 1. The number of para-hydroxylation sites is 1. The van der Waals surface area contributed by atoms with Gasteiger partial charge in [-0.25, -0.2) is 4.79 Å². The Bertz CT molecular complexity index is 1400. The summed E-state index contributed by atoms with van der Waals surface area (Å²) in [6.07, 6.45) is -3.05. The normalized spacial score (nSPS) is 11.4. The van der Waals surface area contributed by atoms with Crippen LogP contribution in [0, 0.1) is 13.8 Å². The van der Waals surface area contributed by atoms with Gasteiger partial charge in [-0.2, -0.15) is 13.2 Å². The number of benzene rings is 3. The average Bonchev–Trinajstić information content (AvgIpc) is 2.81. The minimum absolute atomic E-state index is 0.0906. The van der Waals surface area contributed by atoms with Gasteiger partial charge in [0.25, 0.3) is 0 Å². The first kappa shape index (κ1) is 24.1. The van der Waals surface area contributed by atoms with E-state index in [2.05, 4.69) is 9.87 Å². The molecule has 0 aliphatic heterocycles. The lowest BCUT2D eigenvalue weighted by atomic mass is 9.95. The number of aromatic nitrogens is 1. The van der Waals surface area contributed by atoms with Crippen LogP contribution >= 0.6 is 0 Å². The molecule has 0 radical (unpaired) electrons. The van der Waals surface area contributed by atoms with E-state index in [1.165, 1.54) is 19.2 Å². The number of alkyl halides is 3. The highest BCUT2D eigenvalue weighted by molar-refractivity contribution is 5.97. The second-order valence-electron chi connectivity index (χ2n) is 8.03. The monoisotopic (exact) mass is 481 g/mol. The fraction of sp³-hybridized carbons (Fsp3) is 0.185.